The van der Waals surface area contributed by atoms with Gasteiger partial charge in [-0.2, -0.15) is 0 Å². The molecule has 0 fully saturated rings. The van der Waals surface area contributed by atoms with Crippen molar-refractivity contribution in [3.63, 3.8) is 0 Å². The molecule has 2 aromatic carbocycles. The van der Waals surface area contributed by atoms with Crippen LogP contribution in [0.5, 0.6) is 0 Å². The predicted molar refractivity (Wildman–Crippen MR) is 102 cm³/mol. The fraction of sp³-hybridized carbons (Fsp3) is 0.250. The lowest BCUT2D eigenvalue weighted by atomic mass is 10.2. The van der Waals surface area contributed by atoms with Gasteiger partial charge in [0.15, 0.2) is 0 Å². The van der Waals surface area contributed by atoms with Crippen LogP contribution in [0.4, 0.5) is 11.4 Å². The molecule has 0 unspecified atom stereocenters. The molecule has 0 bridgehead atoms. The van der Waals surface area contributed by atoms with E-state index in [1.54, 1.807) is 24.3 Å². The second-order valence-electron chi connectivity index (χ2n) is 5.91. The highest BCUT2D eigenvalue weighted by atomic mass is 16.2. The van der Waals surface area contributed by atoms with Gasteiger partial charge in [0.05, 0.1) is 0 Å². The van der Waals surface area contributed by atoms with Gasteiger partial charge in [0, 0.05) is 44.7 Å². The number of carbonyl (C=O) groups excluding carboxylic acids is 3. The normalized spacial score (nSPS) is 10.1. The van der Waals surface area contributed by atoms with Crippen LogP contribution in [0.3, 0.4) is 0 Å². The summed E-state index contributed by atoms with van der Waals surface area (Å²) >= 11 is 0. The lowest BCUT2D eigenvalue weighted by Gasteiger charge is -2.21. The van der Waals surface area contributed by atoms with Crippen LogP contribution in [-0.2, 0) is 20.9 Å². The Balaban J connectivity index is 1.94. The first-order valence-corrected chi connectivity index (χ1v) is 8.42. The second kappa shape index (κ2) is 9.36. The van der Waals surface area contributed by atoms with Crippen molar-refractivity contribution in [1.29, 1.82) is 0 Å². The SMILES string of the molecule is CC(=O)Nc1cccc(N(CCC(=O)NCc2ccccc2)C(C)=O)c1. The summed E-state index contributed by atoms with van der Waals surface area (Å²) in [6.07, 6.45) is 0.191. The molecule has 2 aromatic rings. The van der Waals surface area contributed by atoms with Gasteiger partial charge in [0.1, 0.15) is 0 Å². The van der Waals surface area contributed by atoms with Gasteiger partial charge in [-0.15, -0.1) is 0 Å². The Morgan fingerprint density at radius 2 is 1.69 bits per heavy atom. The number of carbonyl (C=O) groups is 3. The van der Waals surface area contributed by atoms with Gasteiger partial charge in [-0.3, -0.25) is 14.4 Å². The molecule has 26 heavy (non-hydrogen) atoms. The van der Waals surface area contributed by atoms with Gasteiger partial charge in [-0.05, 0) is 23.8 Å². The van der Waals surface area contributed by atoms with Crippen LogP contribution in [0.25, 0.3) is 0 Å². The van der Waals surface area contributed by atoms with E-state index in [9.17, 15) is 14.4 Å². The Morgan fingerprint density at radius 3 is 2.35 bits per heavy atom. The molecule has 136 valence electrons. The summed E-state index contributed by atoms with van der Waals surface area (Å²) in [5, 5.41) is 5.53. The van der Waals surface area contributed by atoms with E-state index in [2.05, 4.69) is 10.6 Å². The zero-order valence-electron chi connectivity index (χ0n) is 15.0. The summed E-state index contributed by atoms with van der Waals surface area (Å²) in [4.78, 5) is 36.8. The smallest absolute Gasteiger partial charge is 0.223 e. The van der Waals surface area contributed by atoms with E-state index in [0.717, 1.165) is 5.56 Å². The van der Waals surface area contributed by atoms with Gasteiger partial charge in [0.2, 0.25) is 17.7 Å². The van der Waals surface area contributed by atoms with E-state index in [1.807, 2.05) is 30.3 Å². The topological polar surface area (TPSA) is 78.5 Å². The zero-order chi connectivity index (χ0) is 18.9. The minimum Gasteiger partial charge on any atom is -0.352 e. The van der Waals surface area contributed by atoms with Crippen LogP contribution in [-0.4, -0.2) is 24.3 Å². The van der Waals surface area contributed by atoms with E-state index in [-0.39, 0.29) is 30.7 Å². The molecule has 0 aliphatic carbocycles. The zero-order valence-corrected chi connectivity index (χ0v) is 15.0. The minimum absolute atomic E-state index is 0.127. The first-order valence-electron chi connectivity index (χ1n) is 8.42. The summed E-state index contributed by atoms with van der Waals surface area (Å²) in [7, 11) is 0. The number of anilines is 2. The Morgan fingerprint density at radius 1 is 0.962 bits per heavy atom. The summed E-state index contributed by atoms with van der Waals surface area (Å²) in [6.45, 7) is 3.59. The summed E-state index contributed by atoms with van der Waals surface area (Å²) in [5.41, 5.74) is 2.27. The highest BCUT2D eigenvalue weighted by Gasteiger charge is 2.14. The largest absolute Gasteiger partial charge is 0.352 e. The maximum atomic E-state index is 12.1. The molecule has 0 atom stereocenters. The first-order chi connectivity index (χ1) is 12.5. The number of hydrogen-bond acceptors (Lipinski definition) is 3. The molecule has 0 saturated carbocycles. The van der Waals surface area contributed by atoms with Crippen LogP contribution < -0.4 is 15.5 Å². The van der Waals surface area contributed by atoms with Gasteiger partial charge < -0.3 is 15.5 Å². The number of hydrogen-bond donors (Lipinski definition) is 2. The van der Waals surface area contributed by atoms with Crippen molar-refractivity contribution in [2.75, 3.05) is 16.8 Å². The van der Waals surface area contributed by atoms with Crippen molar-refractivity contribution in [1.82, 2.24) is 5.32 Å². The lowest BCUT2D eigenvalue weighted by molar-refractivity contribution is -0.121. The maximum absolute atomic E-state index is 12.1. The Hall–Kier alpha value is -3.15. The first kappa shape index (κ1) is 19.2. The number of nitrogens with zero attached hydrogens (tertiary/aromatic N) is 1. The van der Waals surface area contributed by atoms with Gasteiger partial charge in [0.25, 0.3) is 0 Å². The van der Waals surface area contributed by atoms with Crippen LogP contribution in [0.2, 0.25) is 0 Å². The van der Waals surface area contributed by atoms with Gasteiger partial charge in [-0.1, -0.05) is 36.4 Å². The Kier molecular flexibility index (Phi) is 6.91. The van der Waals surface area contributed by atoms with E-state index < -0.39 is 0 Å². The molecular formula is C20H23N3O3. The van der Waals surface area contributed by atoms with Gasteiger partial charge >= 0.3 is 0 Å². The van der Waals surface area contributed by atoms with E-state index in [0.29, 0.717) is 17.9 Å². The van der Waals surface area contributed by atoms with Crippen LogP contribution >= 0.6 is 0 Å². The lowest BCUT2D eigenvalue weighted by Crippen LogP contribution is -2.33. The molecule has 3 amide bonds. The molecule has 6 heteroatoms. The molecule has 0 aliphatic rings. The second-order valence-corrected chi connectivity index (χ2v) is 5.91. The number of nitrogens with one attached hydrogen (secondary N) is 2. The van der Waals surface area contributed by atoms with Crippen molar-refractivity contribution in [3.05, 3.63) is 60.2 Å². The third kappa shape index (κ3) is 6.05. The molecular weight excluding hydrogens is 330 g/mol. The maximum Gasteiger partial charge on any atom is 0.223 e. The van der Waals surface area contributed by atoms with Crippen LogP contribution in [0, 0.1) is 0 Å². The fourth-order valence-corrected chi connectivity index (χ4v) is 2.52. The van der Waals surface area contributed by atoms with Crippen molar-refractivity contribution in [3.8, 4) is 0 Å². The predicted octanol–water partition coefficient (Wildman–Crippen LogP) is 2.70. The average molecular weight is 353 g/mol. The fourth-order valence-electron chi connectivity index (χ4n) is 2.52. The minimum atomic E-state index is -0.184. The molecule has 0 radical (unpaired) electrons. The highest BCUT2D eigenvalue weighted by molar-refractivity contribution is 5.94. The Bertz CT molecular complexity index is 775. The van der Waals surface area contributed by atoms with Crippen LogP contribution in [0.1, 0.15) is 25.8 Å². The molecule has 0 heterocycles. The average Bonchev–Trinajstić information content (AvgIpc) is 2.60. The van der Waals surface area contributed by atoms with E-state index >= 15 is 0 Å². The monoisotopic (exact) mass is 353 g/mol. The van der Waals surface area contributed by atoms with Gasteiger partial charge in [-0.25, -0.2) is 0 Å². The highest BCUT2D eigenvalue weighted by Crippen LogP contribution is 2.20. The van der Waals surface area contributed by atoms with Crippen molar-refractivity contribution >= 4 is 29.1 Å². The van der Waals surface area contributed by atoms with E-state index in [4.69, 9.17) is 0 Å². The number of rotatable bonds is 7. The quantitative estimate of drug-likeness (QED) is 0.803. The molecule has 0 aliphatic heterocycles. The molecule has 0 spiro atoms. The van der Waals surface area contributed by atoms with Crippen molar-refractivity contribution in [2.45, 2.75) is 26.8 Å². The molecule has 0 aromatic heterocycles. The molecule has 6 nitrogen and oxygen atoms in total. The summed E-state index contributed by atoms with van der Waals surface area (Å²) in [5.74, 6) is -0.476. The van der Waals surface area contributed by atoms with Crippen LogP contribution in [0.15, 0.2) is 54.6 Å². The molecule has 2 rings (SSSR count). The van der Waals surface area contributed by atoms with E-state index in [1.165, 1.54) is 18.7 Å². The number of benzene rings is 2. The van der Waals surface area contributed by atoms with Crippen molar-refractivity contribution in [2.24, 2.45) is 0 Å². The standard InChI is InChI=1S/C20H23N3O3/c1-15(24)22-18-9-6-10-19(13-18)23(16(2)25)12-11-20(26)21-14-17-7-4-3-5-8-17/h3-10,13H,11-12,14H2,1-2H3,(H,21,26)(H,22,24). The third-order valence-corrected chi connectivity index (χ3v) is 3.75. The third-order valence-electron chi connectivity index (χ3n) is 3.75. The van der Waals surface area contributed by atoms with Crippen molar-refractivity contribution < 1.29 is 14.4 Å². The molecule has 2 N–H and O–H groups in total. The summed E-state index contributed by atoms with van der Waals surface area (Å²) in [6, 6.07) is 16.6. The summed E-state index contributed by atoms with van der Waals surface area (Å²) < 4.78 is 0. The molecule has 0 saturated heterocycles. The number of amides is 3. The Labute approximate surface area is 153 Å².